The fourth-order valence-corrected chi connectivity index (χ4v) is 3.23. The number of rotatable bonds is 7. The van der Waals surface area contributed by atoms with E-state index in [0.717, 1.165) is 24.0 Å². The predicted molar refractivity (Wildman–Crippen MR) is 118 cm³/mol. The van der Waals surface area contributed by atoms with Gasteiger partial charge in [-0.1, -0.05) is 37.1 Å². The predicted octanol–water partition coefficient (Wildman–Crippen LogP) is 5.64. The van der Waals surface area contributed by atoms with E-state index >= 15 is 0 Å². The van der Waals surface area contributed by atoms with E-state index in [4.69, 9.17) is 21.1 Å². The second-order valence-corrected chi connectivity index (χ2v) is 7.26. The highest BCUT2D eigenvalue weighted by Crippen LogP contribution is 2.33. The van der Waals surface area contributed by atoms with Crippen LogP contribution >= 0.6 is 11.6 Å². The van der Waals surface area contributed by atoms with E-state index in [0.29, 0.717) is 40.1 Å². The van der Waals surface area contributed by atoms with Gasteiger partial charge in [-0.3, -0.25) is 4.79 Å². The normalized spacial score (nSPS) is 15.1. The van der Waals surface area contributed by atoms with E-state index in [-0.39, 0.29) is 5.91 Å². The van der Waals surface area contributed by atoms with E-state index in [1.54, 1.807) is 13.2 Å². The second kappa shape index (κ2) is 9.14. The number of nitrogens with zero attached hydrogens (tertiary/aromatic N) is 2. The van der Waals surface area contributed by atoms with E-state index in [2.05, 4.69) is 12.0 Å². The molecule has 0 N–H and O–H groups in total. The molecule has 0 unspecified atom stereocenters. The summed E-state index contributed by atoms with van der Waals surface area (Å²) in [5.41, 5.74) is 3.52. The number of hydrogen-bond acceptors (Lipinski definition) is 4. The van der Waals surface area contributed by atoms with Crippen LogP contribution in [0.4, 0.5) is 5.69 Å². The Morgan fingerprint density at radius 3 is 2.69 bits per heavy atom. The first-order chi connectivity index (χ1) is 14.0. The molecule has 0 aromatic heterocycles. The maximum Gasteiger partial charge on any atom is 0.280 e. The molecule has 2 aromatic rings. The minimum atomic E-state index is -0.185. The van der Waals surface area contributed by atoms with Crippen molar-refractivity contribution in [3.63, 3.8) is 0 Å². The third kappa shape index (κ3) is 4.46. The Kier molecular flexibility index (Phi) is 6.60. The van der Waals surface area contributed by atoms with E-state index in [9.17, 15) is 4.79 Å². The number of hydrogen-bond donors (Lipinski definition) is 0. The molecule has 0 spiro atoms. The zero-order chi connectivity index (χ0) is 21.0. The summed E-state index contributed by atoms with van der Waals surface area (Å²) in [5, 5.41) is 6.45. The lowest BCUT2D eigenvalue weighted by Crippen LogP contribution is -2.22. The molecule has 6 heteroatoms. The van der Waals surface area contributed by atoms with Crippen molar-refractivity contribution in [2.45, 2.75) is 33.6 Å². The number of unbranched alkanes of at least 4 members (excludes halogenated alkanes) is 1. The third-order valence-corrected chi connectivity index (χ3v) is 5.19. The van der Waals surface area contributed by atoms with Crippen molar-refractivity contribution in [3.05, 3.63) is 58.1 Å². The highest BCUT2D eigenvalue weighted by Gasteiger charge is 2.30. The van der Waals surface area contributed by atoms with Crippen molar-refractivity contribution in [1.29, 1.82) is 0 Å². The van der Waals surface area contributed by atoms with Gasteiger partial charge in [0.15, 0.2) is 11.5 Å². The molecule has 0 radical (unpaired) electrons. The molecule has 1 amide bonds. The van der Waals surface area contributed by atoms with Gasteiger partial charge in [0.1, 0.15) is 0 Å². The van der Waals surface area contributed by atoms with Gasteiger partial charge in [-0.05, 0) is 61.7 Å². The Balaban J connectivity index is 1.88. The minimum absolute atomic E-state index is 0.185. The average molecular weight is 413 g/mol. The summed E-state index contributed by atoms with van der Waals surface area (Å²) >= 11 is 6.21. The van der Waals surface area contributed by atoms with Gasteiger partial charge in [-0.25, -0.2) is 0 Å². The van der Waals surface area contributed by atoms with Crippen molar-refractivity contribution < 1.29 is 14.3 Å². The Morgan fingerprint density at radius 2 is 1.97 bits per heavy atom. The summed E-state index contributed by atoms with van der Waals surface area (Å²) < 4.78 is 11.2. The van der Waals surface area contributed by atoms with Crippen molar-refractivity contribution in [2.75, 3.05) is 18.7 Å². The number of carbonyl (C=O) groups excluding carboxylic acids is 1. The molecular weight excluding hydrogens is 388 g/mol. The van der Waals surface area contributed by atoms with Crippen LogP contribution in [-0.2, 0) is 4.79 Å². The first kappa shape index (κ1) is 20.9. The first-order valence-corrected chi connectivity index (χ1v) is 10.0. The summed E-state index contributed by atoms with van der Waals surface area (Å²) in [5.74, 6) is 1.15. The zero-order valence-corrected chi connectivity index (χ0v) is 17.9. The summed E-state index contributed by atoms with van der Waals surface area (Å²) in [6.07, 6.45) is 3.87. The summed E-state index contributed by atoms with van der Waals surface area (Å²) in [7, 11) is 1.61. The van der Waals surface area contributed by atoms with Crippen molar-refractivity contribution >= 4 is 35.0 Å². The SMILES string of the molecule is CCCCOc1ccc(C=C2C(=O)N(c3cccc(Cl)c3C)N=C2C)cc1OC. The van der Waals surface area contributed by atoms with Gasteiger partial charge in [0.2, 0.25) is 0 Å². The number of benzene rings is 2. The maximum atomic E-state index is 13.0. The van der Waals surface area contributed by atoms with Crippen LogP contribution in [0.15, 0.2) is 47.1 Å². The molecule has 3 rings (SSSR count). The molecule has 0 bridgehead atoms. The Hall–Kier alpha value is -2.79. The van der Waals surface area contributed by atoms with Crippen molar-refractivity contribution in [2.24, 2.45) is 5.10 Å². The maximum absolute atomic E-state index is 13.0. The quantitative estimate of drug-likeness (QED) is 0.436. The van der Waals surface area contributed by atoms with Crippen LogP contribution in [0.1, 0.15) is 37.8 Å². The van der Waals surface area contributed by atoms with Gasteiger partial charge in [0, 0.05) is 5.02 Å². The molecular formula is C23H25ClN2O3. The van der Waals surface area contributed by atoms with Crippen LogP contribution in [0.25, 0.3) is 6.08 Å². The molecule has 0 atom stereocenters. The topological polar surface area (TPSA) is 51.1 Å². The number of carbonyl (C=O) groups is 1. The Morgan fingerprint density at radius 1 is 1.17 bits per heavy atom. The highest BCUT2D eigenvalue weighted by atomic mass is 35.5. The van der Waals surface area contributed by atoms with Crippen LogP contribution in [0.5, 0.6) is 11.5 Å². The number of anilines is 1. The molecule has 1 aliphatic rings. The largest absolute Gasteiger partial charge is 0.493 e. The monoisotopic (exact) mass is 412 g/mol. The zero-order valence-electron chi connectivity index (χ0n) is 17.2. The fourth-order valence-electron chi connectivity index (χ4n) is 3.06. The van der Waals surface area contributed by atoms with Gasteiger partial charge >= 0.3 is 0 Å². The van der Waals surface area contributed by atoms with Gasteiger partial charge in [-0.15, -0.1) is 0 Å². The molecule has 0 fully saturated rings. The van der Waals surface area contributed by atoms with E-state index < -0.39 is 0 Å². The van der Waals surface area contributed by atoms with Crippen LogP contribution < -0.4 is 14.5 Å². The number of amides is 1. The Bertz CT molecular complexity index is 982. The third-order valence-electron chi connectivity index (χ3n) is 4.78. The molecule has 29 heavy (non-hydrogen) atoms. The summed E-state index contributed by atoms with van der Waals surface area (Å²) in [6, 6.07) is 11.1. The summed E-state index contributed by atoms with van der Waals surface area (Å²) in [6.45, 7) is 6.46. The van der Waals surface area contributed by atoms with Crippen LogP contribution in [0.2, 0.25) is 5.02 Å². The standard InChI is InChI=1S/C23H25ClN2O3/c1-5-6-12-29-21-11-10-17(14-22(21)28-4)13-18-16(3)25-26(23(18)27)20-9-7-8-19(24)15(20)2/h7-11,13-14H,5-6,12H2,1-4H3. The van der Waals surface area contributed by atoms with Gasteiger partial charge in [-0.2, -0.15) is 10.1 Å². The first-order valence-electron chi connectivity index (χ1n) is 9.64. The molecule has 0 saturated carbocycles. The van der Waals surface area contributed by atoms with E-state index in [1.165, 1.54) is 5.01 Å². The second-order valence-electron chi connectivity index (χ2n) is 6.86. The van der Waals surface area contributed by atoms with Crippen molar-refractivity contribution in [1.82, 2.24) is 0 Å². The molecule has 1 heterocycles. The summed E-state index contributed by atoms with van der Waals surface area (Å²) in [4.78, 5) is 13.0. The lowest BCUT2D eigenvalue weighted by atomic mass is 10.1. The number of hydrazone groups is 1. The molecule has 152 valence electrons. The van der Waals surface area contributed by atoms with Crippen LogP contribution in [-0.4, -0.2) is 25.3 Å². The number of methoxy groups -OCH3 is 1. The highest BCUT2D eigenvalue weighted by molar-refractivity contribution is 6.34. The number of halogens is 1. The minimum Gasteiger partial charge on any atom is -0.493 e. The van der Waals surface area contributed by atoms with Gasteiger partial charge < -0.3 is 9.47 Å². The smallest absolute Gasteiger partial charge is 0.280 e. The van der Waals surface area contributed by atoms with E-state index in [1.807, 2.05) is 50.3 Å². The average Bonchev–Trinajstić information content (AvgIpc) is 2.99. The van der Waals surface area contributed by atoms with Crippen molar-refractivity contribution in [3.8, 4) is 11.5 Å². The lowest BCUT2D eigenvalue weighted by molar-refractivity contribution is -0.114. The molecule has 0 saturated heterocycles. The molecule has 0 aliphatic carbocycles. The molecule has 2 aromatic carbocycles. The molecule has 5 nitrogen and oxygen atoms in total. The van der Waals surface area contributed by atoms with Gasteiger partial charge in [0.25, 0.3) is 5.91 Å². The number of ether oxygens (including phenoxy) is 2. The fraction of sp³-hybridized carbons (Fsp3) is 0.304. The van der Waals surface area contributed by atoms with Crippen LogP contribution in [0, 0.1) is 6.92 Å². The van der Waals surface area contributed by atoms with Gasteiger partial charge in [0.05, 0.1) is 30.7 Å². The molecule has 1 aliphatic heterocycles. The van der Waals surface area contributed by atoms with Crippen LogP contribution in [0.3, 0.4) is 0 Å². The lowest BCUT2D eigenvalue weighted by Gasteiger charge is -2.15. The Labute approximate surface area is 176 Å².